The number of nitrogens with zero attached hydrogens (tertiary/aromatic N) is 1. The summed E-state index contributed by atoms with van der Waals surface area (Å²) in [5.74, 6) is -1.06. The second kappa shape index (κ2) is 8.26. The maximum atomic E-state index is 12.7. The maximum absolute atomic E-state index is 12.7. The van der Waals surface area contributed by atoms with E-state index in [0.717, 1.165) is 0 Å². The number of amides is 1. The number of nitrogens with one attached hydrogen (secondary N) is 2. The van der Waals surface area contributed by atoms with Crippen molar-refractivity contribution in [1.82, 2.24) is 10.3 Å². The molecule has 0 saturated heterocycles. The molecule has 136 valence electrons. The second-order valence-electron chi connectivity index (χ2n) is 5.50. The number of carbonyl (C=O) groups is 2. The number of nitriles is 1. The molecule has 2 aromatic rings. The number of aromatic nitrogens is 1. The van der Waals surface area contributed by atoms with Crippen LogP contribution in [0.5, 0.6) is 0 Å². The van der Waals surface area contributed by atoms with Gasteiger partial charge in [0, 0.05) is 11.3 Å². The van der Waals surface area contributed by atoms with Crippen LogP contribution in [0.15, 0.2) is 18.2 Å². The van der Waals surface area contributed by atoms with E-state index in [2.05, 4.69) is 10.3 Å². The summed E-state index contributed by atoms with van der Waals surface area (Å²) >= 11 is 12.1. The highest BCUT2D eigenvalue weighted by Crippen LogP contribution is 2.30. The minimum atomic E-state index is -0.997. The highest BCUT2D eigenvalue weighted by atomic mass is 35.5. The van der Waals surface area contributed by atoms with Crippen molar-refractivity contribution in [2.75, 3.05) is 7.11 Å². The third-order valence-electron chi connectivity index (χ3n) is 3.99. The Kier molecular flexibility index (Phi) is 6.30. The van der Waals surface area contributed by atoms with Gasteiger partial charge in [-0.2, -0.15) is 5.26 Å². The van der Waals surface area contributed by atoms with Crippen LogP contribution in [0, 0.1) is 18.3 Å². The molecule has 0 spiro atoms. The summed E-state index contributed by atoms with van der Waals surface area (Å²) in [7, 11) is 1.28. The number of carbonyl (C=O) groups excluding carboxylic acids is 2. The molecule has 8 heteroatoms. The minimum Gasteiger partial charge on any atom is -0.465 e. The van der Waals surface area contributed by atoms with Gasteiger partial charge in [-0.25, -0.2) is 4.79 Å². The smallest absolute Gasteiger partial charge is 0.339 e. The van der Waals surface area contributed by atoms with Crippen molar-refractivity contribution in [3.8, 4) is 6.07 Å². The zero-order valence-corrected chi connectivity index (χ0v) is 16.0. The van der Waals surface area contributed by atoms with Crippen LogP contribution in [0.4, 0.5) is 0 Å². The van der Waals surface area contributed by atoms with Gasteiger partial charge in [0.25, 0.3) is 5.91 Å². The molecule has 0 saturated carbocycles. The third kappa shape index (κ3) is 3.69. The van der Waals surface area contributed by atoms with Gasteiger partial charge in [-0.05, 0) is 25.0 Å². The van der Waals surface area contributed by atoms with Crippen molar-refractivity contribution in [3.63, 3.8) is 0 Å². The number of halogens is 2. The van der Waals surface area contributed by atoms with Crippen LogP contribution >= 0.6 is 23.2 Å². The van der Waals surface area contributed by atoms with Crippen LogP contribution in [0.25, 0.3) is 0 Å². The molecule has 2 N–H and O–H groups in total. The Morgan fingerprint density at radius 1 is 1.38 bits per heavy atom. The Balaban J connectivity index is 2.38. The molecule has 0 bridgehead atoms. The predicted molar refractivity (Wildman–Crippen MR) is 98.5 cm³/mol. The van der Waals surface area contributed by atoms with E-state index in [0.29, 0.717) is 28.8 Å². The zero-order valence-electron chi connectivity index (χ0n) is 14.4. The molecular weight excluding hydrogens is 377 g/mol. The predicted octanol–water partition coefficient (Wildman–Crippen LogP) is 3.97. The molecule has 26 heavy (non-hydrogen) atoms. The van der Waals surface area contributed by atoms with Crippen molar-refractivity contribution < 1.29 is 14.3 Å². The summed E-state index contributed by atoms with van der Waals surface area (Å²) in [5, 5.41) is 12.5. The number of rotatable bonds is 5. The Hall–Kier alpha value is -2.49. The molecule has 0 fully saturated rings. The Bertz CT molecular complexity index is 900. The number of hydrogen-bond acceptors (Lipinski definition) is 4. The molecule has 1 aromatic heterocycles. The summed E-state index contributed by atoms with van der Waals surface area (Å²) in [4.78, 5) is 27.6. The maximum Gasteiger partial charge on any atom is 0.339 e. The van der Waals surface area contributed by atoms with E-state index in [1.54, 1.807) is 25.1 Å². The van der Waals surface area contributed by atoms with Crippen molar-refractivity contribution >= 4 is 35.1 Å². The monoisotopic (exact) mass is 393 g/mol. The molecule has 2 rings (SSSR count). The fraction of sp³-hybridized carbons (Fsp3) is 0.278. The Morgan fingerprint density at radius 2 is 2.08 bits per heavy atom. The number of H-pyrrole nitrogens is 1. The van der Waals surface area contributed by atoms with E-state index >= 15 is 0 Å². The lowest BCUT2D eigenvalue weighted by Crippen LogP contribution is -2.28. The van der Waals surface area contributed by atoms with Crippen LogP contribution < -0.4 is 5.32 Å². The number of benzene rings is 1. The van der Waals surface area contributed by atoms with Gasteiger partial charge in [-0.15, -0.1) is 0 Å². The van der Waals surface area contributed by atoms with E-state index in [1.165, 1.54) is 7.11 Å². The van der Waals surface area contributed by atoms with Crippen molar-refractivity contribution in [3.05, 3.63) is 56.3 Å². The lowest BCUT2D eigenvalue weighted by molar-refractivity contribution is 0.0599. The van der Waals surface area contributed by atoms with E-state index in [4.69, 9.17) is 27.9 Å². The average molecular weight is 394 g/mol. The molecule has 1 aromatic carbocycles. The third-order valence-corrected chi connectivity index (χ3v) is 4.83. The van der Waals surface area contributed by atoms with Crippen molar-refractivity contribution in [2.24, 2.45) is 0 Å². The first-order valence-corrected chi connectivity index (χ1v) is 8.55. The van der Waals surface area contributed by atoms with Crippen molar-refractivity contribution in [2.45, 2.75) is 26.3 Å². The summed E-state index contributed by atoms with van der Waals surface area (Å²) in [5.41, 5.74) is 1.96. The molecule has 0 aliphatic rings. The van der Waals surface area contributed by atoms with Gasteiger partial charge in [0.05, 0.1) is 28.8 Å². The van der Waals surface area contributed by atoms with Crippen LogP contribution in [-0.2, 0) is 11.2 Å². The first-order valence-electron chi connectivity index (χ1n) is 7.79. The van der Waals surface area contributed by atoms with Crippen LogP contribution in [0.2, 0.25) is 10.0 Å². The summed E-state index contributed by atoms with van der Waals surface area (Å²) in [6, 6.07) is 5.85. The highest BCUT2D eigenvalue weighted by Gasteiger charge is 2.26. The molecule has 1 amide bonds. The average Bonchev–Trinajstić information content (AvgIpc) is 2.98. The van der Waals surface area contributed by atoms with Crippen LogP contribution in [0.3, 0.4) is 0 Å². The fourth-order valence-electron chi connectivity index (χ4n) is 2.66. The summed E-state index contributed by atoms with van der Waals surface area (Å²) in [6.45, 7) is 3.49. The van der Waals surface area contributed by atoms with E-state index in [-0.39, 0.29) is 15.7 Å². The number of hydrogen-bond donors (Lipinski definition) is 2. The number of ether oxygens (including phenoxy) is 1. The second-order valence-corrected chi connectivity index (χ2v) is 6.29. The zero-order chi connectivity index (χ0) is 19.4. The van der Waals surface area contributed by atoms with Crippen molar-refractivity contribution in [1.29, 1.82) is 5.26 Å². The molecule has 0 radical (unpaired) electrons. The largest absolute Gasteiger partial charge is 0.465 e. The molecule has 0 aliphatic heterocycles. The fourth-order valence-corrected chi connectivity index (χ4v) is 3.07. The molecular formula is C18H17Cl2N3O3. The minimum absolute atomic E-state index is 0.195. The quantitative estimate of drug-likeness (QED) is 0.750. The van der Waals surface area contributed by atoms with E-state index in [1.807, 2.05) is 13.0 Å². The number of aryl methyl sites for hydroxylation is 1. The summed E-state index contributed by atoms with van der Waals surface area (Å²) in [6.07, 6.45) is 0.514. The van der Waals surface area contributed by atoms with E-state index < -0.39 is 17.9 Å². The number of esters is 1. The molecule has 0 aliphatic carbocycles. The van der Waals surface area contributed by atoms with Gasteiger partial charge in [0.15, 0.2) is 0 Å². The van der Waals surface area contributed by atoms with Gasteiger partial charge in [0.1, 0.15) is 11.7 Å². The Morgan fingerprint density at radius 3 is 2.65 bits per heavy atom. The molecule has 6 nitrogen and oxygen atoms in total. The van der Waals surface area contributed by atoms with Gasteiger partial charge in [-0.1, -0.05) is 42.3 Å². The van der Waals surface area contributed by atoms with Gasteiger partial charge in [-0.3, -0.25) is 4.79 Å². The standard InChI is InChI=1S/C18H17Cl2N3O3/c1-4-12-14(18(25)26-3)9(2)16(22-12)17(24)23-13(8-21)10-6-5-7-11(19)15(10)20/h5-7,13,22H,4H2,1-3H3,(H,23,24). The molecule has 1 heterocycles. The normalized spacial score (nSPS) is 11.5. The van der Waals surface area contributed by atoms with Gasteiger partial charge >= 0.3 is 5.97 Å². The SMILES string of the molecule is CCc1[nH]c(C(=O)NC(C#N)c2cccc(Cl)c2Cl)c(C)c1C(=O)OC. The lowest BCUT2D eigenvalue weighted by atomic mass is 10.1. The molecule has 1 atom stereocenters. The number of aromatic amines is 1. The first-order chi connectivity index (χ1) is 12.3. The lowest BCUT2D eigenvalue weighted by Gasteiger charge is -2.14. The topological polar surface area (TPSA) is 95.0 Å². The van der Waals surface area contributed by atoms with Crippen LogP contribution in [0.1, 0.15) is 50.6 Å². The number of methoxy groups -OCH3 is 1. The van der Waals surface area contributed by atoms with Gasteiger partial charge in [0.2, 0.25) is 0 Å². The summed E-state index contributed by atoms with van der Waals surface area (Å²) < 4.78 is 4.78. The van der Waals surface area contributed by atoms with Gasteiger partial charge < -0.3 is 15.0 Å². The molecule has 1 unspecified atom stereocenters. The highest BCUT2D eigenvalue weighted by molar-refractivity contribution is 6.42. The first kappa shape index (κ1) is 19.8. The Labute approximate surface area is 161 Å². The van der Waals surface area contributed by atoms with E-state index in [9.17, 15) is 14.9 Å². The van der Waals surface area contributed by atoms with Crippen LogP contribution in [-0.4, -0.2) is 24.0 Å².